The molecule has 0 spiro atoms. The van der Waals surface area contributed by atoms with Gasteiger partial charge in [0.25, 0.3) is 0 Å². The average Bonchev–Trinajstić information content (AvgIpc) is 2.85. The lowest BCUT2D eigenvalue weighted by Gasteiger charge is -2.27. The third-order valence-electron chi connectivity index (χ3n) is 3.84. The Balaban J connectivity index is 1.78. The molecule has 0 bridgehead atoms. The lowest BCUT2D eigenvalue weighted by molar-refractivity contribution is -0.123. The normalized spacial score (nSPS) is 33.0. The van der Waals surface area contributed by atoms with Crippen LogP contribution < -0.4 is 10.6 Å². The first-order valence-corrected chi connectivity index (χ1v) is 8.60. The molecule has 2 aliphatic heterocycles. The van der Waals surface area contributed by atoms with Crippen molar-refractivity contribution in [1.29, 1.82) is 0 Å². The van der Waals surface area contributed by atoms with Crippen molar-refractivity contribution >= 4 is 15.7 Å². The van der Waals surface area contributed by atoms with E-state index in [0.717, 1.165) is 6.42 Å². The van der Waals surface area contributed by atoms with Crippen LogP contribution in [0.25, 0.3) is 0 Å². The third-order valence-corrected chi connectivity index (χ3v) is 5.58. The predicted molar refractivity (Wildman–Crippen MR) is 73.2 cm³/mol. The van der Waals surface area contributed by atoms with Gasteiger partial charge in [-0.2, -0.15) is 0 Å². The van der Waals surface area contributed by atoms with Crippen LogP contribution >= 0.6 is 0 Å². The number of carbonyl (C=O) groups excluding carboxylic acids is 1. The Morgan fingerprint density at radius 2 is 2.35 bits per heavy atom. The van der Waals surface area contributed by atoms with Crippen LogP contribution in [0.2, 0.25) is 0 Å². The molecular formula is C12H22N2O5S. The van der Waals surface area contributed by atoms with Crippen LogP contribution in [0.5, 0.6) is 0 Å². The van der Waals surface area contributed by atoms with Crippen LogP contribution in [0.1, 0.15) is 12.8 Å². The molecule has 0 aliphatic carbocycles. The first kappa shape index (κ1) is 15.7. The summed E-state index contributed by atoms with van der Waals surface area (Å²) in [6.45, 7) is 1.91. The fraction of sp³-hybridized carbons (Fsp3) is 0.917. The fourth-order valence-electron chi connectivity index (χ4n) is 2.52. The van der Waals surface area contributed by atoms with Crippen molar-refractivity contribution in [3.05, 3.63) is 0 Å². The minimum atomic E-state index is -3.01. The first-order valence-electron chi connectivity index (χ1n) is 6.78. The van der Waals surface area contributed by atoms with Gasteiger partial charge in [-0.25, -0.2) is 8.42 Å². The summed E-state index contributed by atoms with van der Waals surface area (Å²) in [6, 6.07) is -0.299. The third kappa shape index (κ3) is 4.15. The van der Waals surface area contributed by atoms with Crippen molar-refractivity contribution < 1.29 is 22.7 Å². The van der Waals surface area contributed by atoms with E-state index in [4.69, 9.17) is 9.47 Å². The van der Waals surface area contributed by atoms with E-state index in [0.29, 0.717) is 26.3 Å². The summed E-state index contributed by atoms with van der Waals surface area (Å²) in [5, 5.41) is 5.87. The molecule has 116 valence electrons. The molecule has 0 radical (unpaired) electrons. The van der Waals surface area contributed by atoms with Crippen LogP contribution in [0.15, 0.2) is 0 Å². The van der Waals surface area contributed by atoms with Gasteiger partial charge in [-0.15, -0.1) is 0 Å². The lowest BCUT2D eigenvalue weighted by Crippen LogP contribution is -2.49. The van der Waals surface area contributed by atoms with Crippen molar-refractivity contribution in [2.75, 3.05) is 44.9 Å². The van der Waals surface area contributed by atoms with E-state index in [1.807, 2.05) is 0 Å². The predicted octanol–water partition coefficient (Wildman–Crippen LogP) is -1.32. The fourth-order valence-corrected chi connectivity index (χ4v) is 3.96. The highest BCUT2D eigenvalue weighted by Gasteiger charge is 2.35. The molecule has 0 aromatic heterocycles. The quantitative estimate of drug-likeness (QED) is 0.655. The van der Waals surface area contributed by atoms with E-state index in [1.54, 1.807) is 7.11 Å². The number of sulfone groups is 1. The second-order valence-corrected chi connectivity index (χ2v) is 7.66. The van der Waals surface area contributed by atoms with Gasteiger partial charge in [0.15, 0.2) is 9.84 Å². The molecule has 8 heteroatoms. The number of amides is 1. The van der Waals surface area contributed by atoms with Gasteiger partial charge in [-0.05, 0) is 0 Å². The highest BCUT2D eigenvalue weighted by Crippen LogP contribution is 2.21. The molecule has 1 amide bonds. The Labute approximate surface area is 119 Å². The van der Waals surface area contributed by atoms with Gasteiger partial charge >= 0.3 is 0 Å². The lowest BCUT2D eigenvalue weighted by atomic mass is 10.0. The summed E-state index contributed by atoms with van der Waals surface area (Å²) < 4.78 is 33.7. The highest BCUT2D eigenvalue weighted by molar-refractivity contribution is 7.91. The summed E-state index contributed by atoms with van der Waals surface area (Å²) in [4.78, 5) is 11.9. The molecule has 2 atom stereocenters. The van der Waals surface area contributed by atoms with Gasteiger partial charge in [0, 0.05) is 45.7 Å². The van der Waals surface area contributed by atoms with Gasteiger partial charge in [-0.3, -0.25) is 4.79 Å². The van der Waals surface area contributed by atoms with Crippen molar-refractivity contribution in [3.8, 4) is 0 Å². The number of hydrogen-bond donors (Lipinski definition) is 2. The molecule has 20 heavy (non-hydrogen) atoms. The first-order chi connectivity index (χ1) is 9.45. The molecule has 0 aromatic carbocycles. The van der Waals surface area contributed by atoms with Gasteiger partial charge < -0.3 is 20.1 Å². The smallest absolute Gasteiger partial charge is 0.221 e. The molecule has 2 unspecified atom stereocenters. The summed E-state index contributed by atoms with van der Waals surface area (Å²) in [7, 11) is -1.40. The number of carbonyl (C=O) groups is 1. The van der Waals surface area contributed by atoms with E-state index in [-0.39, 0.29) is 29.9 Å². The van der Waals surface area contributed by atoms with E-state index in [9.17, 15) is 13.2 Å². The Morgan fingerprint density at radius 1 is 1.55 bits per heavy atom. The number of hydrogen-bond acceptors (Lipinski definition) is 6. The molecule has 2 heterocycles. The van der Waals surface area contributed by atoms with Gasteiger partial charge in [0.05, 0.1) is 18.1 Å². The molecule has 2 rings (SSSR count). The maximum Gasteiger partial charge on any atom is 0.221 e. The maximum absolute atomic E-state index is 11.9. The van der Waals surface area contributed by atoms with Crippen LogP contribution in [-0.2, 0) is 24.1 Å². The minimum Gasteiger partial charge on any atom is -0.378 e. The number of nitrogens with one attached hydrogen (secondary N) is 2. The summed E-state index contributed by atoms with van der Waals surface area (Å²) in [5.41, 5.74) is -0.443. The topological polar surface area (TPSA) is 93.7 Å². The van der Waals surface area contributed by atoms with E-state index < -0.39 is 15.4 Å². The molecular weight excluding hydrogens is 284 g/mol. The molecule has 0 saturated carbocycles. The van der Waals surface area contributed by atoms with E-state index in [2.05, 4.69) is 10.6 Å². The molecule has 7 nitrogen and oxygen atoms in total. The number of rotatable bonds is 5. The number of ether oxygens (including phenoxy) is 2. The van der Waals surface area contributed by atoms with Gasteiger partial charge in [0.1, 0.15) is 5.60 Å². The molecule has 2 aliphatic rings. The van der Waals surface area contributed by atoms with Gasteiger partial charge in [0.2, 0.25) is 5.91 Å². The van der Waals surface area contributed by atoms with Gasteiger partial charge in [-0.1, -0.05) is 0 Å². The minimum absolute atomic E-state index is 0.0267. The maximum atomic E-state index is 11.9. The average molecular weight is 306 g/mol. The highest BCUT2D eigenvalue weighted by atomic mass is 32.2. The molecule has 0 aromatic rings. The zero-order chi connectivity index (χ0) is 14.6. The SMILES string of the molecule is COC1(CNC(=O)CC2CS(=O)(=O)CCN2)CCOC1. The molecule has 2 fully saturated rings. The van der Waals surface area contributed by atoms with Crippen LogP contribution in [0.4, 0.5) is 0 Å². The Kier molecular flexibility index (Phi) is 5.00. The Hall–Kier alpha value is -0.700. The Bertz CT molecular complexity index is 445. The standard InChI is InChI=1S/C12H22N2O5S/c1-18-12(2-4-19-9-12)8-14-11(15)6-10-7-20(16,17)5-3-13-10/h10,13H,2-9H2,1H3,(H,14,15). The zero-order valence-corrected chi connectivity index (χ0v) is 12.5. The van der Waals surface area contributed by atoms with Crippen molar-refractivity contribution in [2.45, 2.75) is 24.5 Å². The second kappa shape index (κ2) is 6.38. The van der Waals surface area contributed by atoms with Crippen LogP contribution in [-0.4, -0.2) is 70.9 Å². The van der Waals surface area contributed by atoms with E-state index >= 15 is 0 Å². The van der Waals surface area contributed by atoms with E-state index in [1.165, 1.54) is 0 Å². The summed E-state index contributed by atoms with van der Waals surface area (Å²) in [5.74, 6) is 0.0108. The molecule has 2 N–H and O–H groups in total. The largest absolute Gasteiger partial charge is 0.378 e. The summed E-state index contributed by atoms with van der Waals surface area (Å²) >= 11 is 0. The Morgan fingerprint density at radius 3 is 2.95 bits per heavy atom. The second-order valence-electron chi connectivity index (χ2n) is 5.44. The number of methoxy groups -OCH3 is 1. The van der Waals surface area contributed by atoms with Crippen molar-refractivity contribution in [3.63, 3.8) is 0 Å². The van der Waals surface area contributed by atoms with Crippen LogP contribution in [0, 0.1) is 0 Å². The molecule has 2 saturated heterocycles. The zero-order valence-electron chi connectivity index (χ0n) is 11.7. The van der Waals surface area contributed by atoms with Crippen molar-refractivity contribution in [2.24, 2.45) is 0 Å². The monoisotopic (exact) mass is 306 g/mol. The van der Waals surface area contributed by atoms with Crippen LogP contribution in [0.3, 0.4) is 0 Å². The van der Waals surface area contributed by atoms with Crippen molar-refractivity contribution in [1.82, 2.24) is 10.6 Å². The summed E-state index contributed by atoms with van der Waals surface area (Å²) in [6.07, 6.45) is 0.916.